The molecule has 0 saturated carbocycles. The Morgan fingerprint density at radius 1 is 0.867 bits per heavy atom. The van der Waals surface area contributed by atoms with Gasteiger partial charge in [-0.15, -0.1) is 0 Å². The molecule has 0 fully saturated rings. The smallest absolute Gasteiger partial charge is 0.267 e. The fraction of sp³-hybridized carbons (Fsp3) is 1.00. The molecule has 92 valence electrons. The molecule has 0 spiro atoms. The molecule has 0 aromatic carbocycles. The van der Waals surface area contributed by atoms with E-state index in [0.29, 0.717) is 6.61 Å². The number of rotatable bonds is 10. The Bertz CT molecular complexity index is 222. The van der Waals surface area contributed by atoms with Crippen molar-refractivity contribution in [1.29, 1.82) is 0 Å². The zero-order chi connectivity index (χ0) is 11.6. The van der Waals surface area contributed by atoms with Crippen LogP contribution in [0.5, 0.6) is 0 Å². The van der Waals surface area contributed by atoms with E-state index < -0.39 is 10.1 Å². The van der Waals surface area contributed by atoms with Gasteiger partial charge in [-0.1, -0.05) is 46.0 Å². The fourth-order valence-corrected chi connectivity index (χ4v) is 2.32. The highest BCUT2D eigenvalue weighted by molar-refractivity contribution is 7.86. The molecule has 0 unspecified atom stereocenters. The minimum absolute atomic E-state index is 0.181. The summed E-state index contributed by atoms with van der Waals surface area (Å²) in [6.45, 7) is 4.50. The van der Waals surface area contributed by atoms with Gasteiger partial charge in [0.2, 0.25) is 0 Å². The highest BCUT2D eigenvalue weighted by Gasteiger charge is 2.09. The van der Waals surface area contributed by atoms with Crippen molar-refractivity contribution in [1.82, 2.24) is 0 Å². The van der Waals surface area contributed by atoms with Crippen LogP contribution in [0.3, 0.4) is 0 Å². The molecular formula is C11H24O3S. The zero-order valence-corrected chi connectivity index (χ0v) is 10.8. The highest BCUT2D eigenvalue weighted by Crippen LogP contribution is 2.06. The van der Waals surface area contributed by atoms with E-state index in [1.54, 1.807) is 0 Å². The zero-order valence-electron chi connectivity index (χ0n) is 10.00. The largest absolute Gasteiger partial charge is 0.270 e. The van der Waals surface area contributed by atoms with Crippen molar-refractivity contribution in [3.05, 3.63) is 0 Å². The Labute approximate surface area is 94.3 Å². The summed E-state index contributed by atoms with van der Waals surface area (Å²) in [6.07, 6.45) is 7.00. The molecule has 0 heterocycles. The first-order valence-electron chi connectivity index (χ1n) is 5.99. The van der Waals surface area contributed by atoms with E-state index in [0.717, 1.165) is 32.1 Å². The third-order valence-corrected chi connectivity index (χ3v) is 3.57. The molecule has 0 radical (unpaired) electrons. The summed E-state index contributed by atoms with van der Waals surface area (Å²) in [7, 11) is -3.24. The van der Waals surface area contributed by atoms with Crippen LogP contribution in [0.25, 0.3) is 0 Å². The van der Waals surface area contributed by atoms with Crippen molar-refractivity contribution >= 4 is 10.1 Å². The van der Waals surface area contributed by atoms with E-state index >= 15 is 0 Å². The van der Waals surface area contributed by atoms with Crippen molar-refractivity contribution in [2.45, 2.75) is 58.8 Å². The van der Waals surface area contributed by atoms with Crippen LogP contribution in [-0.2, 0) is 14.3 Å². The molecule has 0 saturated heterocycles. The van der Waals surface area contributed by atoms with Gasteiger partial charge < -0.3 is 0 Å². The van der Waals surface area contributed by atoms with Crippen molar-refractivity contribution in [2.75, 3.05) is 12.4 Å². The first kappa shape index (κ1) is 14.9. The Kier molecular flexibility index (Phi) is 9.10. The second kappa shape index (κ2) is 9.16. The molecule has 0 rings (SSSR count). The molecule has 0 aromatic rings. The molecule has 0 aromatic heterocycles. The normalized spacial score (nSPS) is 11.9. The van der Waals surface area contributed by atoms with Crippen molar-refractivity contribution in [2.24, 2.45) is 0 Å². The first-order chi connectivity index (χ1) is 7.12. The Morgan fingerprint density at radius 2 is 1.47 bits per heavy atom. The standard InChI is InChI=1S/C11H24O3S/c1-3-5-7-8-9-11-15(12,13)14-10-6-4-2/h3-11H2,1-2H3. The van der Waals surface area contributed by atoms with Crippen LogP contribution in [0, 0.1) is 0 Å². The molecule has 4 heteroatoms. The Morgan fingerprint density at radius 3 is 2.07 bits per heavy atom. The van der Waals surface area contributed by atoms with Gasteiger partial charge in [-0.3, -0.25) is 4.18 Å². The minimum atomic E-state index is -3.24. The van der Waals surface area contributed by atoms with Crippen LogP contribution >= 0.6 is 0 Å². The van der Waals surface area contributed by atoms with Gasteiger partial charge in [0, 0.05) is 0 Å². The molecule has 0 N–H and O–H groups in total. The summed E-state index contributed by atoms with van der Waals surface area (Å²) in [5.41, 5.74) is 0. The average Bonchev–Trinajstić information content (AvgIpc) is 2.17. The van der Waals surface area contributed by atoms with Gasteiger partial charge in [-0.2, -0.15) is 8.42 Å². The van der Waals surface area contributed by atoms with Gasteiger partial charge in [0.1, 0.15) is 0 Å². The molecule has 0 aliphatic heterocycles. The Balaban J connectivity index is 3.47. The van der Waals surface area contributed by atoms with Crippen molar-refractivity contribution in [3.63, 3.8) is 0 Å². The van der Waals surface area contributed by atoms with Crippen LogP contribution in [0.1, 0.15) is 58.8 Å². The van der Waals surface area contributed by atoms with Gasteiger partial charge in [-0.25, -0.2) is 0 Å². The minimum Gasteiger partial charge on any atom is -0.270 e. The quantitative estimate of drug-likeness (QED) is 0.432. The summed E-state index contributed by atoms with van der Waals surface area (Å²) < 4.78 is 27.5. The lowest BCUT2D eigenvalue weighted by molar-refractivity contribution is 0.310. The summed E-state index contributed by atoms with van der Waals surface area (Å²) in [6, 6.07) is 0. The summed E-state index contributed by atoms with van der Waals surface area (Å²) in [5, 5.41) is 0. The Hall–Kier alpha value is -0.0900. The maximum atomic E-state index is 11.3. The predicted octanol–water partition coefficient (Wildman–Crippen LogP) is 3.10. The fourth-order valence-electron chi connectivity index (χ4n) is 1.27. The van der Waals surface area contributed by atoms with Gasteiger partial charge in [0.05, 0.1) is 12.4 Å². The number of hydrogen-bond donors (Lipinski definition) is 0. The number of unbranched alkanes of at least 4 members (excludes halogenated alkanes) is 5. The van der Waals surface area contributed by atoms with Crippen LogP contribution < -0.4 is 0 Å². The lowest BCUT2D eigenvalue weighted by Gasteiger charge is -2.04. The van der Waals surface area contributed by atoms with Crippen molar-refractivity contribution < 1.29 is 12.6 Å². The van der Waals surface area contributed by atoms with Crippen LogP contribution in [0.2, 0.25) is 0 Å². The van der Waals surface area contributed by atoms with Gasteiger partial charge in [-0.05, 0) is 12.8 Å². The van der Waals surface area contributed by atoms with Crippen LogP contribution in [0.15, 0.2) is 0 Å². The maximum Gasteiger partial charge on any atom is 0.267 e. The van der Waals surface area contributed by atoms with Gasteiger partial charge >= 0.3 is 0 Å². The molecular weight excluding hydrogens is 212 g/mol. The second-order valence-electron chi connectivity index (χ2n) is 3.85. The molecule has 3 nitrogen and oxygen atoms in total. The SMILES string of the molecule is CCCCCCCS(=O)(=O)OCCCC. The number of hydrogen-bond acceptors (Lipinski definition) is 3. The van der Waals surface area contributed by atoms with E-state index in [9.17, 15) is 8.42 Å². The first-order valence-corrected chi connectivity index (χ1v) is 7.57. The molecule has 0 bridgehead atoms. The lowest BCUT2D eigenvalue weighted by Crippen LogP contribution is -2.11. The highest BCUT2D eigenvalue weighted by atomic mass is 32.2. The second-order valence-corrected chi connectivity index (χ2v) is 5.61. The van der Waals surface area contributed by atoms with E-state index in [1.807, 2.05) is 6.92 Å². The average molecular weight is 236 g/mol. The predicted molar refractivity (Wildman–Crippen MR) is 63.4 cm³/mol. The topological polar surface area (TPSA) is 43.4 Å². The molecule has 0 atom stereocenters. The molecule has 0 aliphatic rings. The maximum absolute atomic E-state index is 11.3. The van der Waals surface area contributed by atoms with Crippen LogP contribution in [0.4, 0.5) is 0 Å². The monoisotopic (exact) mass is 236 g/mol. The van der Waals surface area contributed by atoms with E-state index in [-0.39, 0.29) is 5.75 Å². The van der Waals surface area contributed by atoms with Crippen LogP contribution in [-0.4, -0.2) is 20.8 Å². The van der Waals surface area contributed by atoms with Gasteiger partial charge in [0.25, 0.3) is 10.1 Å². The molecule has 15 heavy (non-hydrogen) atoms. The lowest BCUT2D eigenvalue weighted by atomic mass is 10.2. The molecule has 0 amide bonds. The van der Waals surface area contributed by atoms with Crippen molar-refractivity contribution in [3.8, 4) is 0 Å². The van der Waals surface area contributed by atoms with Gasteiger partial charge in [0.15, 0.2) is 0 Å². The third kappa shape index (κ3) is 10.2. The third-order valence-electron chi connectivity index (χ3n) is 2.26. The summed E-state index contributed by atoms with van der Waals surface area (Å²) in [5.74, 6) is 0.181. The van der Waals surface area contributed by atoms with E-state index in [2.05, 4.69) is 6.92 Å². The summed E-state index contributed by atoms with van der Waals surface area (Å²) in [4.78, 5) is 0. The van der Waals surface area contributed by atoms with E-state index in [4.69, 9.17) is 4.18 Å². The molecule has 0 aliphatic carbocycles. The summed E-state index contributed by atoms with van der Waals surface area (Å²) >= 11 is 0. The van der Waals surface area contributed by atoms with E-state index in [1.165, 1.54) is 12.8 Å².